The Bertz CT molecular complexity index is 1550. The molecule has 0 fully saturated rings. The summed E-state index contributed by atoms with van der Waals surface area (Å²) >= 11 is 7.41. The second kappa shape index (κ2) is 10.3. The fourth-order valence-electron chi connectivity index (χ4n) is 3.89. The molecule has 2 aromatic carbocycles. The van der Waals surface area contributed by atoms with Gasteiger partial charge in [-0.25, -0.2) is 13.8 Å². The lowest BCUT2D eigenvalue weighted by atomic mass is 10.1. The number of ether oxygens (including phenoxy) is 1. The van der Waals surface area contributed by atoms with Gasteiger partial charge in [-0.1, -0.05) is 31.5 Å². The maximum atomic E-state index is 14.6. The zero-order valence-electron chi connectivity index (χ0n) is 19.9. The standard InChI is InChI=1S/C26H24ClFN2O5S/c1-14(2)13-35-17-9-7-16(8-10-17)23-15(3)22-24(33)29(12-21(31)32)26(34)30(25(22)36-23)11-18-19(27)5-4-6-20(18)28/h4-10,14H,11-13H2,1-3H3,(H,31,32). The zero-order chi connectivity index (χ0) is 26.1. The second-order valence-corrected chi connectivity index (χ2v) is 10.2. The fourth-order valence-corrected chi connectivity index (χ4v) is 5.41. The Kier molecular flexibility index (Phi) is 7.33. The van der Waals surface area contributed by atoms with Gasteiger partial charge in [-0.3, -0.25) is 14.2 Å². The quantitative estimate of drug-likeness (QED) is 0.340. The maximum absolute atomic E-state index is 14.6. The Morgan fingerprint density at radius 2 is 1.83 bits per heavy atom. The smallest absolute Gasteiger partial charge is 0.332 e. The highest BCUT2D eigenvalue weighted by molar-refractivity contribution is 7.22. The molecule has 10 heteroatoms. The van der Waals surface area contributed by atoms with Crippen molar-refractivity contribution in [3.63, 3.8) is 0 Å². The molecule has 0 aliphatic rings. The van der Waals surface area contributed by atoms with Gasteiger partial charge in [-0.2, -0.15) is 0 Å². The van der Waals surface area contributed by atoms with Crippen LogP contribution in [0.4, 0.5) is 4.39 Å². The van der Waals surface area contributed by atoms with Crippen molar-refractivity contribution in [2.45, 2.75) is 33.9 Å². The van der Waals surface area contributed by atoms with E-state index < -0.39 is 29.6 Å². The molecule has 0 saturated carbocycles. The van der Waals surface area contributed by atoms with E-state index in [1.54, 1.807) is 6.92 Å². The Morgan fingerprint density at radius 1 is 1.14 bits per heavy atom. The third kappa shape index (κ3) is 4.94. The van der Waals surface area contributed by atoms with Crippen molar-refractivity contribution >= 4 is 39.1 Å². The van der Waals surface area contributed by atoms with Crippen LogP contribution < -0.4 is 16.0 Å². The minimum absolute atomic E-state index is 0.0716. The minimum Gasteiger partial charge on any atom is -0.493 e. The molecule has 1 N–H and O–H groups in total. The first-order valence-electron chi connectivity index (χ1n) is 11.2. The summed E-state index contributed by atoms with van der Waals surface area (Å²) in [4.78, 5) is 39.0. The van der Waals surface area contributed by atoms with Gasteiger partial charge in [0.2, 0.25) is 0 Å². The number of aromatic nitrogens is 2. The molecule has 0 amide bonds. The average molecular weight is 531 g/mol. The third-order valence-corrected chi connectivity index (χ3v) is 7.38. The van der Waals surface area contributed by atoms with E-state index in [2.05, 4.69) is 13.8 Å². The number of hydrogen-bond acceptors (Lipinski definition) is 5. The number of aliphatic carboxylic acids is 1. The van der Waals surface area contributed by atoms with Crippen molar-refractivity contribution in [2.75, 3.05) is 6.61 Å². The summed E-state index contributed by atoms with van der Waals surface area (Å²) < 4.78 is 22.2. The highest BCUT2D eigenvalue weighted by Gasteiger charge is 2.23. The van der Waals surface area contributed by atoms with Crippen LogP contribution in [-0.2, 0) is 17.9 Å². The molecule has 0 aliphatic heterocycles. The van der Waals surface area contributed by atoms with Crippen LogP contribution in [0.2, 0.25) is 5.02 Å². The lowest BCUT2D eigenvalue weighted by Gasteiger charge is -2.12. The van der Waals surface area contributed by atoms with Crippen molar-refractivity contribution < 1.29 is 19.0 Å². The van der Waals surface area contributed by atoms with Crippen molar-refractivity contribution in [2.24, 2.45) is 5.92 Å². The van der Waals surface area contributed by atoms with Crippen LogP contribution in [0.15, 0.2) is 52.1 Å². The molecule has 0 saturated heterocycles. The van der Waals surface area contributed by atoms with E-state index >= 15 is 0 Å². The summed E-state index contributed by atoms with van der Waals surface area (Å²) in [7, 11) is 0. The summed E-state index contributed by atoms with van der Waals surface area (Å²) in [6.45, 7) is 5.36. The maximum Gasteiger partial charge on any atom is 0.332 e. The van der Waals surface area contributed by atoms with E-state index in [1.165, 1.54) is 34.1 Å². The molecule has 4 aromatic rings. The number of benzene rings is 2. The first kappa shape index (κ1) is 25.7. The molecule has 7 nitrogen and oxygen atoms in total. The summed E-state index contributed by atoms with van der Waals surface area (Å²) in [6, 6.07) is 11.6. The number of halogens is 2. The molecule has 0 atom stereocenters. The van der Waals surface area contributed by atoms with Crippen molar-refractivity contribution in [1.82, 2.24) is 9.13 Å². The number of rotatable bonds is 8. The lowest BCUT2D eigenvalue weighted by molar-refractivity contribution is -0.137. The number of carboxylic acid groups (broad SMARTS) is 1. The Balaban J connectivity index is 1.92. The molecule has 0 aliphatic carbocycles. The van der Waals surface area contributed by atoms with Gasteiger partial charge in [0.1, 0.15) is 22.9 Å². The van der Waals surface area contributed by atoms with Gasteiger partial charge in [0.15, 0.2) is 0 Å². The average Bonchev–Trinajstić information content (AvgIpc) is 3.17. The Morgan fingerprint density at radius 3 is 2.44 bits per heavy atom. The minimum atomic E-state index is -1.34. The zero-order valence-corrected chi connectivity index (χ0v) is 21.5. The van der Waals surface area contributed by atoms with E-state index in [0.717, 1.165) is 10.4 Å². The van der Waals surface area contributed by atoms with E-state index in [4.69, 9.17) is 16.3 Å². The Hall–Kier alpha value is -3.43. The fraction of sp³-hybridized carbons (Fsp3) is 0.269. The predicted octanol–water partition coefficient (Wildman–Crippen LogP) is 5.16. The van der Waals surface area contributed by atoms with Crippen LogP contribution in [0.1, 0.15) is 25.0 Å². The molecule has 36 heavy (non-hydrogen) atoms. The van der Waals surface area contributed by atoms with Crippen molar-refractivity contribution in [1.29, 1.82) is 0 Å². The van der Waals surface area contributed by atoms with Crippen molar-refractivity contribution in [3.8, 4) is 16.2 Å². The van der Waals surface area contributed by atoms with Crippen LogP contribution in [0.5, 0.6) is 5.75 Å². The second-order valence-electron chi connectivity index (χ2n) is 8.82. The summed E-state index contributed by atoms with van der Waals surface area (Å²) in [5.74, 6) is -0.860. The van der Waals surface area contributed by atoms with Crippen molar-refractivity contribution in [3.05, 3.63) is 85.3 Å². The molecule has 0 radical (unpaired) electrons. The highest BCUT2D eigenvalue weighted by Crippen LogP contribution is 2.37. The molecule has 4 rings (SSSR count). The van der Waals surface area contributed by atoms with Gasteiger partial charge in [0.05, 0.1) is 18.5 Å². The normalized spacial score (nSPS) is 11.4. The SMILES string of the molecule is Cc1c(-c2ccc(OCC(C)C)cc2)sc2c1c(=O)n(CC(=O)O)c(=O)n2Cc1c(F)cccc1Cl. The first-order chi connectivity index (χ1) is 17.1. The van der Waals surface area contributed by atoms with Crippen LogP contribution in [0.3, 0.4) is 0 Å². The van der Waals surface area contributed by atoms with E-state index in [-0.39, 0.29) is 22.5 Å². The number of carbonyl (C=O) groups is 1. The molecule has 2 heterocycles. The molecular formula is C26H24ClFN2O5S. The van der Waals surface area contributed by atoms with E-state index in [0.29, 0.717) is 33.2 Å². The highest BCUT2D eigenvalue weighted by atomic mass is 35.5. The number of nitrogens with zero attached hydrogens (tertiary/aromatic N) is 2. The first-order valence-corrected chi connectivity index (χ1v) is 12.4. The number of thiophene rings is 1. The van der Waals surface area contributed by atoms with Gasteiger partial charge >= 0.3 is 11.7 Å². The molecule has 188 valence electrons. The monoisotopic (exact) mass is 530 g/mol. The van der Waals surface area contributed by atoms with Crippen LogP contribution in [-0.4, -0.2) is 26.8 Å². The van der Waals surface area contributed by atoms with Crippen LogP contribution >= 0.6 is 22.9 Å². The topological polar surface area (TPSA) is 90.5 Å². The lowest BCUT2D eigenvalue weighted by Crippen LogP contribution is -2.41. The predicted molar refractivity (Wildman–Crippen MR) is 139 cm³/mol. The molecule has 2 aromatic heterocycles. The van der Waals surface area contributed by atoms with Gasteiger partial charge in [-0.15, -0.1) is 11.3 Å². The number of hydrogen-bond donors (Lipinski definition) is 1. The molecular weight excluding hydrogens is 507 g/mol. The molecule has 0 spiro atoms. The summed E-state index contributed by atoms with van der Waals surface area (Å²) in [6.07, 6.45) is 0. The van der Waals surface area contributed by atoms with Crippen LogP contribution in [0, 0.1) is 18.7 Å². The van der Waals surface area contributed by atoms with E-state index in [1.807, 2.05) is 24.3 Å². The number of fused-ring (bicyclic) bond motifs is 1. The van der Waals surface area contributed by atoms with Crippen LogP contribution in [0.25, 0.3) is 20.7 Å². The number of carboxylic acids is 1. The summed E-state index contributed by atoms with van der Waals surface area (Å²) in [5.41, 5.74) is -0.0759. The van der Waals surface area contributed by atoms with Gasteiger partial charge in [-0.05, 0) is 60.4 Å². The number of aryl methyl sites for hydroxylation is 1. The molecule has 0 unspecified atom stereocenters. The molecule has 0 bridgehead atoms. The van der Waals surface area contributed by atoms with Gasteiger partial charge in [0, 0.05) is 15.5 Å². The summed E-state index contributed by atoms with van der Waals surface area (Å²) in [5, 5.41) is 9.65. The van der Waals surface area contributed by atoms with Gasteiger partial charge in [0.25, 0.3) is 5.56 Å². The Labute approximate surface area is 215 Å². The van der Waals surface area contributed by atoms with E-state index in [9.17, 15) is 23.9 Å². The third-order valence-electron chi connectivity index (χ3n) is 5.67. The van der Waals surface area contributed by atoms with Gasteiger partial charge < -0.3 is 9.84 Å². The largest absolute Gasteiger partial charge is 0.493 e.